The highest BCUT2D eigenvalue weighted by Gasteiger charge is 2.22. The van der Waals surface area contributed by atoms with E-state index in [-0.39, 0.29) is 18.4 Å². The Kier molecular flexibility index (Phi) is 5.85. The number of hydrogen-bond acceptors (Lipinski definition) is 5. The first-order chi connectivity index (χ1) is 13.8. The molecule has 28 heavy (non-hydrogen) atoms. The van der Waals surface area contributed by atoms with Gasteiger partial charge in [-0.2, -0.15) is 0 Å². The Labute approximate surface area is 164 Å². The van der Waals surface area contributed by atoms with Crippen molar-refractivity contribution in [1.29, 1.82) is 0 Å². The predicted molar refractivity (Wildman–Crippen MR) is 104 cm³/mol. The first kappa shape index (κ1) is 18.5. The van der Waals surface area contributed by atoms with Gasteiger partial charge in [0.1, 0.15) is 11.8 Å². The summed E-state index contributed by atoms with van der Waals surface area (Å²) in [6.45, 7) is 0. The first-order valence-electron chi connectivity index (χ1n) is 9.99. The first-order valence-corrected chi connectivity index (χ1v) is 9.99. The van der Waals surface area contributed by atoms with Gasteiger partial charge in [0.25, 0.3) is 0 Å². The van der Waals surface area contributed by atoms with Gasteiger partial charge in [-0.15, -0.1) is 10.2 Å². The van der Waals surface area contributed by atoms with Crippen LogP contribution in [-0.2, 0) is 11.2 Å². The van der Waals surface area contributed by atoms with E-state index in [1.54, 1.807) is 6.26 Å². The highest BCUT2D eigenvalue weighted by molar-refractivity contribution is 5.77. The standard InChI is InChI=1S/C22H25N3O3/c26-19(13-14-20-24-25-22(28-20)17-10-5-2-6-11-17)23-21(18-12-7-15-27-18)16-8-3-1-4-9-16/h1,3-4,7-9,12,15,17,21H,2,5-6,10-11,13-14H2,(H,23,26)/t21-/m1/s1. The average Bonchev–Trinajstić information content (AvgIpc) is 3.44. The van der Waals surface area contributed by atoms with E-state index in [0.717, 1.165) is 24.3 Å². The zero-order valence-corrected chi connectivity index (χ0v) is 15.8. The van der Waals surface area contributed by atoms with Gasteiger partial charge in [-0.05, 0) is 30.5 Å². The number of aromatic nitrogens is 2. The van der Waals surface area contributed by atoms with Crippen LogP contribution in [0.4, 0.5) is 0 Å². The van der Waals surface area contributed by atoms with Crippen LogP contribution in [0.2, 0.25) is 0 Å². The molecule has 1 aliphatic carbocycles. The largest absolute Gasteiger partial charge is 0.467 e. The molecule has 1 saturated carbocycles. The Morgan fingerprint density at radius 3 is 2.64 bits per heavy atom. The van der Waals surface area contributed by atoms with Gasteiger partial charge in [0.05, 0.1) is 6.26 Å². The van der Waals surface area contributed by atoms with Crippen molar-refractivity contribution in [1.82, 2.24) is 15.5 Å². The highest BCUT2D eigenvalue weighted by atomic mass is 16.4. The second-order valence-electron chi connectivity index (χ2n) is 7.30. The van der Waals surface area contributed by atoms with E-state index >= 15 is 0 Å². The second kappa shape index (κ2) is 8.87. The molecule has 1 N–H and O–H groups in total. The fraction of sp³-hybridized carbons (Fsp3) is 0.409. The Balaban J connectivity index is 1.36. The lowest BCUT2D eigenvalue weighted by Gasteiger charge is -2.17. The maximum Gasteiger partial charge on any atom is 0.221 e. The lowest BCUT2D eigenvalue weighted by Crippen LogP contribution is -2.29. The highest BCUT2D eigenvalue weighted by Crippen LogP contribution is 2.31. The maximum absolute atomic E-state index is 12.6. The number of amides is 1. The van der Waals surface area contributed by atoms with Crippen molar-refractivity contribution < 1.29 is 13.6 Å². The topological polar surface area (TPSA) is 81.2 Å². The van der Waals surface area contributed by atoms with Crippen LogP contribution in [0.5, 0.6) is 0 Å². The van der Waals surface area contributed by atoms with Crippen molar-refractivity contribution in [2.75, 3.05) is 0 Å². The molecule has 6 nitrogen and oxygen atoms in total. The normalized spacial score (nSPS) is 16.0. The van der Waals surface area contributed by atoms with E-state index in [2.05, 4.69) is 15.5 Å². The summed E-state index contributed by atoms with van der Waals surface area (Å²) < 4.78 is 11.3. The number of aryl methyl sites for hydroxylation is 1. The summed E-state index contributed by atoms with van der Waals surface area (Å²) in [5, 5.41) is 11.4. The summed E-state index contributed by atoms with van der Waals surface area (Å²) in [5.74, 6) is 2.27. The minimum atomic E-state index is -0.316. The summed E-state index contributed by atoms with van der Waals surface area (Å²) in [5.41, 5.74) is 0.975. The van der Waals surface area contributed by atoms with Gasteiger partial charge in [-0.3, -0.25) is 4.79 Å². The molecule has 1 amide bonds. The summed E-state index contributed by atoms with van der Waals surface area (Å²) >= 11 is 0. The van der Waals surface area contributed by atoms with Crippen molar-refractivity contribution in [3.63, 3.8) is 0 Å². The minimum absolute atomic E-state index is 0.0809. The van der Waals surface area contributed by atoms with Crippen LogP contribution in [0, 0.1) is 0 Å². The Morgan fingerprint density at radius 1 is 1.07 bits per heavy atom. The molecule has 146 valence electrons. The smallest absolute Gasteiger partial charge is 0.221 e. The van der Waals surface area contributed by atoms with E-state index in [1.165, 1.54) is 19.3 Å². The number of nitrogens with one attached hydrogen (secondary N) is 1. The quantitative estimate of drug-likeness (QED) is 0.651. The molecule has 0 spiro atoms. The van der Waals surface area contributed by atoms with Gasteiger partial charge in [-0.25, -0.2) is 0 Å². The summed E-state index contributed by atoms with van der Waals surface area (Å²) in [6, 6.07) is 13.2. The lowest BCUT2D eigenvalue weighted by molar-refractivity contribution is -0.121. The number of furan rings is 1. The molecule has 0 unspecified atom stereocenters. The molecule has 0 saturated heterocycles. The second-order valence-corrected chi connectivity index (χ2v) is 7.30. The summed E-state index contributed by atoms with van der Waals surface area (Å²) in [4.78, 5) is 12.6. The third kappa shape index (κ3) is 4.50. The van der Waals surface area contributed by atoms with E-state index < -0.39 is 0 Å². The van der Waals surface area contributed by atoms with Crippen molar-refractivity contribution in [3.05, 3.63) is 71.8 Å². The van der Waals surface area contributed by atoms with Gasteiger partial charge in [-0.1, -0.05) is 49.6 Å². The number of carbonyl (C=O) groups excluding carboxylic acids is 1. The zero-order chi connectivity index (χ0) is 19.2. The molecule has 1 aliphatic rings. The maximum atomic E-state index is 12.6. The number of benzene rings is 1. The fourth-order valence-electron chi connectivity index (χ4n) is 3.76. The van der Waals surface area contributed by atoms with Crippen LogP contribution in [0.25, 0.3) is 0 Å². The Hall–Kier alpha value is -2.89. The van der Waals surface area contributed by atoms with Gasteiger partial charge in [0.15, 0.2) is 0 Å². The van der Waals surface area contributed by atoms with Crippen LogP contribution in [0.15, 0.2) is 57.6 Å². The van der Waals surface area contributed by atoms with E-state index in [0.29, 0.717) is 24.0 Å². The molecule has 1 aromatic carbocycles. The van der Waals surface area contributed by atoms with E-state index in [9.17, 15) is 4.79 Å². The average molecular weight is 379 g/mol. The van der Waals surface area contributed by atoms with Crippen LogP contribution in [0.3, 0.4) is 0 Å². The van der Waals surface area contributed by atoms with Crippen LogP contribution in [-0.4, -0.2) is 16.1 Å². The molecule has 4 rings (SSSR count). The van der Waals surface area contributed by atoms with Crippen LogP contribution in [0.1, 0.15) is 73.6 Å². The van der Waals surface area contributed by atoms with E-state index in [1.807, 2.05) is 42.5 Å². The summed E-state index contributed by atoms with van der Waals surface area (Å²) in [6.07, 6.45) is 8.30. The van der Waals surface area contributed by atoms with Crippen molar-refractivity contribution in [2.24, 2.45) is 0 Å². The minimum Gasteiger partial charge on any atom is -0.467 e. The van der Waals surface area contributed by atoms with Gasteiger partial charge < -0.3 is 14.2 Å². The van der Waals surface area contributed by atoms with Crippen LogP contribution < -0.4 is 5.32 Å². The molecular formula is C22H25N3O3. The van der Waals surface area contributed by atoms with Crippen LogP contribution >= 0.6 is 0 Å². The predicted octanol–water partition coefficient (Wildman–Crippen LogP) is 4.55. The number of carbonyl (C=O) groups is 1. The Morgan fingerprint density at radius 2 is 1.89 bits per heavy atom. The molecule has 2 heterocycles. The lowest BCUT2D eigenvalue weighted by atomic mass is 9.89. The molecule has 3 aromatic rings. The molecule has 1 atom stereocenters. The molecule has 1 fully saturated rings. The SMILES string of the molecule is O=C(CCc1nnc(C2CCCCC2)o1)N[C@H](c1ccccc1)c1ccco1. The number of nitrogens with zero attached hydrogens (tertiary/aromatic N) is 2. The molecule has 0 aliphatic heterocycles. The molecule has 0 bridgehead atoms. The summed E-state index contributed by atoms with van der Waals surface area (Å²) in [7, 11) is 0. The monoisotopic (exact) mass is 379 g/mol. The fourth-order valence-corrected chi connectivity index (χ4v) is 3.76. The number of hydrogen-bond donors (Lipinski definition) is 1. The van der Waals surface area contributed by atoms with Crippen molar-refractivity contribution >= 4 is 5.91 Å². The third-order valence-electron chi connectivity index (χ3n) is 5.27. The molecule has 6 heteroatoms. The third-order valence-corrected chi connectivity index (χ3v) is 5.27. The van der Waals surface area contributed by atoms with E-state index in [4.69, 9.17) is 8.83 Å². The van der Waals surface area contributed by atoms with Gasteiger partial charge in [0.2, 0.25) is 17.7 Å². The van der Waals surface area contributed by atoms with Gasteiger partial charge in [0, 0.05) is 18.8 Å². The van der Waals surface area contributed by atoms with Crippen molar-refractivity contribution in [2.45, 2.75) is 56.9 Å². The number of rotatable bonds is 7. The molecular weight excluding hydrogens is 354 g/mol. The van der Waals surface area contributed by atoms with Crippen molar-refractivity contribution in [3.8, 4) is 0 Å². The Bertz CT molecular complexity index is 868. The van der Waals surface area contributed by atoms with Gasteiger partial charge >= 0.3 is 0 Å². The zero-order valence-electron chi connectivity index (χ0n) is 15.8. The molecule has 0 radical (unpaired) electrons. The molecule has 2 aromatic heterocycles.